The highest BCUT2D eigenvalue weighted by Crippen LogP contribution is 2.52. The minimum Gasteiger partial charge on any atom is -0.507 e. The van der Waals surface area contributed by atoms with Gasteiger partial charge in [0.05, 0.1) is 10.6 Å². The number of hydrogen-bond donors (Lipinski definition) is 2. The second-order valence-electron chi connectivity index (χ2n) is 4.50. The molecule has 80 valence electrons. The largest absolute Gasteiger partial charge is 0.507 e. The van der Waals surface area contributed by atoms with Crippen LogP contribution in [0.15, 0.2) is 23.1 Å². The van der Waals surface area contributed by atoms with Crippen LogP contribution in [0.2, 0.25) is 0 Å². The molecule has 1 aromatic carbocycles. The average Bonchev–Trinajstić information content (AvgIpc) is 2.68. The number of hydrogen-bond acceptors (Lipinski definition) is 3. The molecule has 2 N–H and O–H groups in total. The summed E-state index contributed by atoms with van der Waals surface area (Å²) >= 11 is 1.88. The summed E-state index contributed by atoms with van der Waals surface area (Å²) in [5.74, 6) is 0.427. The van der Waals surface area contributed by atoms with Crippen LogP contribution in [0.25, 0.3) is 0 Å². The van der Waals surface area contributed by atoms with Crippen LogP contribution in [-0.4, -0.2) is 16.4 Å². The van der Waals surface area contributed by atoms with Gasteiger partial charge in [0.15, 0.2) is 0 Å². The molecule has 1 aromatic rings. The standard InChI is InChI=1S/C12H15NOS/c14-10-5-3-4-9-11(10)15-12(8-13-9)6-1-2-7-12/h3-5,13-14H,1-2,6-8H2. The molecule has 1 heterocycles. The zero-order valence-electron chi connectivity index (χ0n) is 8.62. The summed E-state index contributed by atoms with van der Waals surface area (Å²) in [6.45, 7) is 1.05. The van der Waals surface area contributed by atoms with Gasteiger partial charge in [0.1, 0.15) is 5.75 Å². The summed E-state index contributed by atoms with van der Waals surface area (Å²) in [6, 6.07) is 5.72. The van der Waals surface area contributed by atoms with Gasteiger partial charge in [0.2, 0.25) is 0 Å². The molecule has 0 atom stereocenters. The summed E-state index contributed by atoms with van der Waals surface area (Å²) < 4.78 is 0.353. The van der Waals surface area contributed by atoms with Crippen molar-refractivity contribution in [2.24, 2.45) is 0 Å². The number of fused-ring (bicyclic) bond motifs is 1. The summed E-state index contributed by atoms with van der Waals surface area (Å²) in [4.78, 5) is 1.05. The van der Waals surface area contributed by atoms with Crippen molar-refractivity contribution >= 4 is 17.4 Å². The fourth-order valence-corrected chi connectivity index (χ4v) is 4.07. The first-order valence-corrected chi connectivity index (χ1v) is 6.36. The fourth-order valence-electron chi connectivity index (χ4n) is 2.58. The quantitative estimate of drug-likeness (QED) is 0.705. The molecule has 0 radical (unpaired) electrons. The van der Waals surface area contributed by atoms with E-state index < -0.39 is 0 Å². The van der Waals surface area contributed by atoms with E-state index in [2.05, 4.69) is 5.32 Å². The van der Waals surface area contributed by atoms with Crippen molar-refractivity contribution in [1.82, 2.24) is 0 Å². The molecule has 1 aliphatic heterocycles. The number of phenols is 1. The van der Waals surface area contributed by atoms with Crippen molar-refractivity contribution in [1.29, 1.82) is 0 Å². The zero-order valence-corrected chi connectivity index (χ0v) is 9.44. The Labute approximate surface area is 94.1 Å². The van der Waals surface area contributed by atoms with E-state index in [1.54, 1.807) is 6.07 Å². The van der Waals surface area contributed by atoms with Crippen molar-refractivity contribution in [3.05, 3.63) is 18.2 Å². The van der Waals surface area contributed by atoms with Crippen LogP contribution < -0.4 is 5.32 Å². The van der Waals surface area contributed by atoms with Gasteiger partial charge in [-0.2, -0.15) is 0 Å². The first-order valence-electron chi connectivity index (χ1n) is 5.54. The molecule has 3 rings (SSSR count). The lowest BCUT2D eigenvalue weighted by atomic mass is 10.1. The van der Waals surface area contributed by atoms with Crippen molar-refractivity contribution in [3.63, 3.8) is 0 Å². The van der Waals surface area contributed by atoms with Gasteiger partial charge in [-0.1, -0.05) is 18.9 Å². The lowest BCUT2D eigenvalue weighted by Crippen LogP contribution is -2.33. The molecule has 15 heavy (non-hydrogen) atoms. The summed E-state index contributed by atoms with van der Waals surface area (Å²) in [7, 11) is 0. The topological polar surface area (TPSA) is 32.3 Å². The summed E-state index contributed by atoms with van der Waals surface area (Å²) in [5.41, 5.74) is 1.09. The van der Waals surface area contributed by atoms with E-state index in [0.29, 0.717) is 10.5 Å². The SMILES string of the molecule is Oc1cccc2c1SC1(CCCC1)CN2. The third-order valence-electron chi connectivity index (χ3n) is 3.43. The Morgan fingerprint density at radius 3 is 2.87 bits per heavy atom. The van der Waals surface area contributed by atoms with E-state index in [-0.39, 0.29) is 0 Å². The molecule has 1 spiro atoms. The highest BCUT2D eigenvalue weighted by Gasteiger charge is 2.38. The summed E-state index contributed by atoms with van der Waals surface area (Å²) in [6.07, 6.45) is 5.21. The molecule has 2 nitrogen and oxygen atoms in total. The normalized spacial score (nSPS) is 22.4. The Morgan fingerprint density at radius 2 is 2.07 bits per heavy atom. The Hall–Kier alpha value is -0.830. The number of aromatic hydroxyl groups is 1. The minimum absolute atomic E-state index is 0.353. The molecule has 3 heteroatoms. The second kappa shape index (κ2) is 3.34. The molecule has 1 saturated carbocycles. The van der Waals surface area contributed by atoms with Gasteiger partial charge in [0, 0.05) is 11.3 Å². The van der Waals surface area contributed by atoms with Crippen LogP contribution in [0.4, 0.5) is 5.69 Å². The maximum atomic E-state index is 9.84. The molecule has 0 saturated heterocycles. The predicted octanol–water partition coefficient (Wildman–Crippen LogP) is 3.22. The fraction of sp³-hybridized carbons (Fsp3) is 0.500. The third-order valence-corrected chi connectivity index (χ3v) is 5.05. The second-order valence-corrected chi connectivity index (χ2v) is 5.98. The zero-order chi connectivity index (χ0) is 10.3. The van der Waals surface area contributed by atoms with E-state index in [0.717, 1.165) is 17.1 Å². The van der Waals surface area contributed by atoms with Crippen LogP contribution in [0, 0.1) is 0 Å². The number of benzene rings is 1. The number of nitrogens with one attached hydrogen (secondary N) is 1. The van der Waals surface area contributed by atoms with Gasteiger partial charge in [0.25, 0.3) is 0 Å². The Morgan fingerprint density at radius 1 is 1.27 bits per heavy atom. The van der Waals surface area contributed by atoms with E-state index >= 15 is 0 Å². The maximum absolute atomic E-state index is 9.84. The van der Waals surface area contributed by atoms with Crippen molar-refractivity contribution in [3.8, 4) is 5.75 Å². The highest BCUT2D eigenvalue weighted by molar-refractivity contribution is 8.01. The average molecular weight is 221 g/mol. The highest BCUT2D eigenvalue weighted by atomic mass is 32.2. The van der Waals surface area contributed by atoms with Crippen LogP contribution in [0.5, 0.6) is 5.75 Å². The van der Waals surface area contributed by atoms with Crippen LogP contribution >= 0.6 is 11.8 Å². The van der Waals surface area contributed by atoms with E-state index in [4.69, 9.17) is 0 Å². The maximum Gasteiger partial charge on any atom is 0.131 e. The van der Waals surface area contributed by atoms with Gasteiger partial charge in [-0.3, -0.25) is 0 Å². The monoisotopic (exact) mass is 221 g/mol. The van der Waals surface area contributed by atoms with Crippen LogP contribution in [-0.2, 0) is 0 Å². The Balaban J connectivity index is 1.98. The molecule has 0 amide bonds. The molecular formula is C12H15NOS. The minimum atomic E-state index is 0.353. The molecule has 0 unspecified atom stereocenters. The van der Waals surface area contributed by atoms with Gasteiger partial charge in [-0.05, 0) is 25.0 Å². The lowest BCUT2D eigenvalue weighted by molar-refractivity contribution is 0.461. The van der Waals surface area contributed by atoms with E-state index in [9.17, 15) is 5.11 Å². The molecule has 0 aromatic heterocycles. The van der Waals surface area contributed by atoms with Crippen molar-refractivity contribution in [2.45, 2.75) is 35.3 Å². The summed E-state index contributed by atoms with van der Waals surface area (Å²) in [5, 5.41) is 13.3. The third kappa shape index (κ3) is 1.49. The number of rotatable bonds is 0. The van der Waals surface area contributed by atoms with Gasteiger partial charge in [-0.25, -0.2) is 0 Å². The predicted molar refractivity (Wildman–Crippen MR) is 63.7 cm³/mol. The molecular weight excluding hydrogens is 206 g/mol. The van der Waals surface area contributed by atoms with Gasteiger partial charge >= 0.3 is 0 Å². The van der Waals surface area contributed by atoms with Crippen molar-refractivity contribution < 1.29 is 5.11 Å². The van der Waals surface area contributed by atoms with Crippen LogP contribution in [0.1, 0.15) is 25.7 Å². The van der Waals surface area contributed by atoms with Crippen LogP contribution in [0.3, 0.4) is 0 Å². The van der Waals surface area contributed by atoms with E-state index in [1.165, 1.54) is 25.7 Å². The first-order chi connectivity index (χ1) is 7.29. The Bertz CT molecular complexity index is 385. The number of anilines is 1. The Kier molecular flexibility index (Phi) is 2.09. The smallest absolute Gasteiger partial charge is 0.131 e. The lowest BCUT2D eigenvalue weighted by Gasteiger charge is -2.35. The molecule has 0 bridgehead atoms. The molecule has 2 aliphatic rings. The molecule has 1 fully saturated rings. The van der Waals surface area contributed by atoms with E-state index in [1.807, 2.05) is 23.9 Å². The van der Waals surface area contributed by atoms with Gasteiger partial charge in [-0.15, -0.1) is 11.8 Å². The van der Waals surface area contributed by atoms with Crippen molar-refractivity contribution in [2.75, 3.05) is 11.9 Å². The van der Waals surface area contributed by atoms with Gasteiger partial charge < -0.3 is 10.4 Å². The number of phenolic OH excluding ortho intramolecular Hbond substituents is 1. The first kappa shape index (κ1) is 9.40. The number of thioether (sulfide) groups is 1. The molecule has 1 aliphatic carbocycles.